The molecule has 0 aromatic carbocycles. The predicted octanol–water partition coefficient (Wildman–Crippen LogP) is 0.632. The Morgan fingerprint density at radius 2 is 2.18 bits per heavy atom. The van der Waals surface area contributed by atoms with Gasteiger partial charge in [-0.05, 0) is 17.7 Å². The van der Waals surface area contributed by atoms with E-state index in [9.17, 15) is 4.79 Å². The summed E-state index contributed by atoms with van der Waals surface area (Å²) in [5.41, 5.74) is 0.998. The van der Waals surface area contributed by atoms with Gasteiger partial charge in [-0.15, -0.1) is 0 Å². The molecule has 0 aliphatic heterocycles. The van der Waals surface area contributed by atoms with Gasteiger partial charge < -0.3 is 9.84 Å². The van der Waals surface area contributed by atoms with Crippen LogP contribution in [-0.2, 0) is 17.8 Å². The second kappa shape index (κ2) is 5.20. The van der Waals surface area contributed by atoms with Crippen molar-refractivity contribution < 1.29 is 9.32 Å². The molecule has 0 unspecified atom stereocenters. The van der Waals surface area contributed by atoms with Gasteiger partial charge in [0.1, 0.15) is 0 Å². The number of hydrogen-bond acceptors (Lipinski definition) is 5. The average molecular weight is 232 g/mol. The lowest BCUT2D eigenvalue weighted by molar-refractivity contribution is -0.120. The van der Waals surface area contributed by atoms with E-state index in [0.717, 1.165) is 5.56 Å². The third kappa shape index (κ3) is 3.37. The highest BCUT2D eigenvalue weighted by atomic mass is 16.5. The smallest absolute Gasteiger partial charge is 0.228 e. The highest BCUT2D eigenvalue weighted by Gasteiger charge is 2.08. The van der Waals surface area contributed by atoms with Crippen molar-refractivity contribution in [3.05, 3.63) is 41.8 Å². The summed E-state index contributed by atoms with van der Waals surface area (Å²) in [6.45, 7) is 2.16. The van der Waals surface area contributed by atoms with Gasteiger partial charge in [-0.2, -0.15) is 4.98 Å². The standard InChI is InChI=1S/C11H12N4O2/c1-8-14-10(15-17-8)6-11(16)13-7-9-2-4-12-5-3-9/h2-5H,6-7H2,1H3,(H,13,16). The minimum Gasteiger partial charge on any atom is -0.352 e. The van der Waals surface area contributed by atoms with E-state index in [1.165, 1.54) is 0 Å². The van der Waals surface area contributed by atoms with Gasteiger partial charge in [-0.3, -0.25) is 9.78 Å². The van der Waals surface area contributed by atoms with Crippen LogP contribution in [0.5, 0.6) is 0 Å². The summed E-state index contributed by atoms with van der Waals surface area (Å²) in [7, 11) is 0. The number of carbonyl (C=O) groups excluding carboxylic acids is 1. The van der Waals surface area contributed by atoms with Gasteiger partial charge >= 0.3 is 0 Å². The molecule has 0 saturated heterocycles. The molecule has 6 heteroatoms. The summed E-state index contributed by atoms with van der Waals surface area (Å²) in [5.74, 6) is 0.722. The molecule has 0 bridgehead atoms. The summed E-state index contributed by atoms with van der Waals surface area (Å²) in [5, 5.41) is 6.42. The first-order valence-electron chi connectivity index (χ1n) is 5.19. The maximum atomic E-state index is 11.5. The van der Waals surface area contributed by atoms with Crippen molar-refractivity contribution in [3.63, 3.8) is 0 Å². The molecular weight excluding hydrogens is 220 g/mol. The number of rotatable bonds is 4. The average Bonchev–Trinajstić information content (AvgIpc) is 2.73. The SMILES string of the molecule is Cc1nc(CC(=O)NCc2ccncc2)no1. The van der Waals surface area contributed by atoms with E-state index in [1.807, 2.05) is 12.1 Å². The number of nitrogens with one attached hydrogen (secondary N) is 1. The van der Waals surface area contributed by atoms with Crippen molar-refractivity contribution in [2.45, 2.75) is 19.9 Å². The molecule has 0 fully saturated rings. The Kier molecular flexibility index (Phi) is 3.44. The molecule has 17 heavy (non-hydrogen) atoms. The van der Waals surface area contributed by atoms with Gasteiger partial charge in [0.15, 0.2) is 5.82 Å². The number of hydrogen-bond donors (Lipinski definition) is 1. The first-order valence-corrected chi connectivity index (χ1v) is 5.19. The zero-order valence-corrected chi connectivity index (χ0v) is 9.38. The number of aryl methyl sites for hydroxylation is 1. The van der Waals surface area contributed by atoms with Crippen LogP contribution in [0.1, 0.15) is 17.3 Å². The van der Waals surface area contributed by atoms with Crippen LogP contribution in [0, 0.1) is 6.92 Å². The molecule has 0 radical (unpaired) electrons. The normalized spacial score (nSPS) is 10.2. The minimum absolute atomic E-state index is 0.127. The number of aromatic nitrogens is 3. The number of carbonyl (C=O) groups is 1. The van der Waals surface area contributed by atoms with Crippen LogP contribution in [0.25, 0.3) is 0 Å². The Morgan fingerprint density at radius 1 is 1.41 bits per heavy atom. The van der Waals surface area contributed by atoms with Gasteiger partial charge in [0.2, 0.25) is 11.8 Å². The first-order chi connectivity index (χ1) is 8.24. The van der Waals surface area contributed by atoms with Crippen molar-refractivity contribution in [3.8, 4) is 0 Å². The molecule has 2 aromatic rings. The monoisotopic (exact) mass is 232 g/mol. The van der Waals surface area contributed by atoms with Crippen molar-refractivity contribution in [2.24, 2.45) is 0 Å². The molecule has 2 rings (SSSR count). The molecule has 1 amide bonds. The van der Waals surface area contributed by atoms with Gasteiger partial charge in [0.05, 0.1) is 6.42 Å². The number of nitrogens with zero attached hydrogens (tertiary/aromatic N) is 3. The Balaban J connectivity index is 1.82. The zero-order valence-electron chi connectivity index (χ0n) is 9.38. The van der Waals surface area contributed by atoms with Gasteiger partial charge in [0.25, 0.3) is 0 Å². The van der Waals surface area contributed by atoms with Gasteiger partial charge in [0, 0.05) is 25.9 Å². The fraction of sp³-hybridized carbons (Fsp3) is 0.273. The highest BCUT2D eigenvalue weighted by molar-refractivity contribution is 5.77. The molecule has 0 aliphatic carbocycles. The van der Waals surface area contributed by atoms with E-state index in [-0.39, 0.29) is 12.3 Å². The van der Waals surface area contributed by atoms with Crippen LogP contribution >= 0.6 is 0 Å². The van der Waals surface area contributed by atoms with Crippen molar-refractivity contribution >= 4 is 5.91 Å². The second-order valence-corrected chi connectivity index (χ2v) is 3.54. The largest absolute Gasteiger partial charge is 0.352 e. The van der Waals surface area contributed by atoms with Crippen LogP contribution in [0.4, 0.5) is 0 Å². The van der Waals surface area contributed by atoms with E-state index < -0.39 is 0 Å². The quantitative estimate of drug-likeness (QED) is 0.836. The Labute approximate surface area is 98.1 Å². The molecule has 2 heterocycles. The minimum atomic E-state index is -0.136. The van der Waals surface area contributed by atoms with Crippen LogP contribution in [0.15, 0.2) is 29.0 Å². The lowest BCUT2D eigenvalue weighted by atomic mass is 10.2. The highest BCUT2D eigenvalue weighted by Crippen LogP contribution is 1.98. The van der Waals surface area contributed by atoms with Gasteiger partial charge in [-0.25, -0.2) is 0 Å². The first kappa shape index (κ1) is 11.3. The van der Waals surface area contributed by atoms with Crippen LogP contribution < -0.4 is 5.32 Å². The molecule has 1 N–H and O–H groups in total. The lowest BCUT2D eigenvalue weighted by Crippen LogP contribution is -2.24. The predicted molar refractivity (Wildman–Crippen MR) is 58.8 cm³/mol. The fourth-order valence-electron chi connectivity index (χ4n) is 1.32. The van der Waals surface area contributed by atoms with Crippen molar-refractivity contribution in [1.29, 1.82) is 0 Å². The molecule has 6 nitrogen and oxygen atoms in total. The summed E-state index contributed by atoms with van der Waals surface area (Å²) in [4.78, 5) is 19.4. The maximum absolute atomic E-state index is 11.5. The van der Waals surface area contributed by atoms with Crippen LogP contribution in [0.3, 0.4) is 0 Å². The van der Waals surface area contributed by atoms with E-state index in [2.05, 4.69) is 20.4 Å². The molecule has 0 spiro atoms. The van der Waals surface area contributed by atoms with E-state index in [0.29, 0.717) is 18.3 Å². The number of pyridine rings is 1. The van der Waals surface area contributed by atoms with Gasteiger partial charge in [-0.1, -0.05) is 5.16 Å². The summed E-state index contributed by atoms with van der Waals surface area (Å²) < 4.78 is 4.78. The zero-order chi connectivity index (χ0) is 12.1. The molecular formula is C11H12N4O2. The topological polar surface area (TPSA) is 80.9 Å². The summed E-state index contributed by atoms with van der Waals surface area (Å²) in [6.07, 6.45) is 3.50. The molecule has 0 saturated carbocycles. The molecule has 0 aliphatic rings. The molecule has 2 aromatic heterocycles. The maximum Gasteiger partial charge on any atom is 0.228 e. The summed E-state index contributed by atoms with van der Waals surface area (Å²) in [6, 6.07) is 3.69. The van der Waals surface area contributed by atoms with Crippen LogP contribution in [0.2, 0.25) is 0 Å². The van der Waals surface area contributed by atoms with E-state index in [1.54, 1.807) is 19.3 Å². The Morgan fingerprint density at radius 3 is 2.82 bits per heavy atom. The fourth-order valence-corrected chi connectivity index (χ4v) is 1.32. The van der Waals surface area contributed by atoms with Crippen LogP contribution in [-0.4, -0.2) is 21.0 Å². The Bertz CT molecular complexity index is 495. The third-order valence-corrected chi connectivity index (χ3v) is 2.13. The number of amides is 1. The van der Waals surface area contributed by atoms with Crippen molar-refractivity contribution in [1.82, 2.24) is 20.4 Å². The Hall–Kier alpha value is -2.24. The summed E-state index contributed by atoms with van der Waals surface area (Å²) >= 11 is 0. The van der Waals surface area contributed by atoms with E-state index >= 15 is 0 Å². The lowest BCUT2D eigenvalue weighted by Gasteiger charge is -2.02. The second-order valence-electron chi connectivity index (χ2n) is 3.54. The third-order valence-electron chi connectivity index (χ3n) is 2.13. The molecule has 0 atom stereocenters. The molecule has 88 valence electrons. The van der Waals surface area contributed by atoms with E-state index in [4.69, 9.17) is 4.52 Å². The van der Waals surface area contributed by atoms with Crippen molar-refractivity contribution in [2.75, 3.05) is 0 Å².